The summed E-state index contributed by atoms with van der Waals surface area (Å²) in [5.74, 6) is 0.160. The first-order valence-electron chi connectivity index (χ1n) is 4.05. The fourth-order valence-electron chi connectivity index (χ4n) is 1.30. The van der Waals surface area contributed by atoms with Crippen molar-refractivity contribution in [1.29, 1.82) is 0 Å². The molecular formula is C8H12BNO2. The Bertz CT molecular complexity index is 237. The van der Waals surface area contributed by atoms with Crippen LogP contribution in [0, 0.1) is 0 Å². The van der Waals surface area contributed by atoms with Gasteiger partial charge in [-0.1, -0.05) is 6.08 Å². The third-order valence-electron chi connectivity index (χ3n) is 2.10. The summed E-state index contributed by atoms with van der Waals surface area (Å²) < 4.78 is 0. The number of carbonyl (C=O) groups excluding carboxylic acids is 2. The van der Waals surface area contributed by atoms with E-state index in [2.05, 4.69) is 0 Å². The first-order valence-corrected chi connectivity index (χ1v) is 4.05. The van der Waals surface area contributed by atoms with Crippen LogP contribution in [0.3, 0.4) is 0 Å². The number of hydrogen-bond acceptors (Lipinski definition) is 2. The van der Waals surface area contributed by atoms with E-state index in [0.717, 1.165) is 6.42 Å². The summed E-state index contributed by atoms with van der Waals surface area (Å²) in [6, 6.07) is 0.126. The van der Waals surface area contributed by atoms with Crippen molar-refractivity contribution < 1.29 is 9.59 Å². The minimum atomic E-state index is 0.0303. The van der Waals surface area contributed by atoms with E-state index in [4.69, 9.17) is 0 Å². The van der Waals surface area contributed by atoms with Crippen molar-refractivity contribution in [3.8, 4) is 0 Å². The van der Waals surface area contributed by atoms with Crippen LogP contribution in [0.5, 0.6) is 0 Å². The summed E-state index contributed by atoms with van der Waals surface area (Å²) in [6.07, 6.45) is 4.76. The van der Waals surface area contributed by atoms with Gasteiger partial charge in [0.2, 0.25) is 5.91 Å². The van der Waals surface area contributed by atoms with Crippen molar-refractivity contribution >= 4 is 19.4 Å². The second kappa shape index (κ2) is 3.56. The van der Waals surface area contributed by atoms with Crippen molar-refractivity contribution in [2.75, 3.05) is 7.05 Å². The molecule has 0 unspecified atom stereocenters. The van der Waals surface area contributed by atoms with E-state index in [1.165, 1.54) is 13.9 Å². The number of nitrogens with zero attached hydrogens (tertiary/aromatic N) is 1. The maximum atomic E-state index is 11.0. The van der Waals surface area contributed by atoms with Gasteiger partial charge < -0.3 is 9.69 Å². The van der Waals surface area contributed by atoms with E-state index in [9.17, 15) is 9.59 Å². The third kappa shape index (κ3) is 1.97. The first kappa shape index (κ1) is 9.04. The molecule has 1 aliphatic heterocycles. The van der Waals surface area contributed by atoms with Gasteiger partial charge in [0, 0.05) is 13.5 Å². The molecule has 1 fully saturated rings. The molecule has 0 aliphatic carbocycles. The van der Waals surface area contributed by atoms with Crippen LogP contribution < -0.4 is 0 Å². The van der Waals surface area contributed by atoms with Crippen LogP contribution in [0.1, 0.15) is 12.8 Å². The quantitative estimate of drug-likeness (QED) is 0.401. The summed E-state index contributed by atoms with van der Waals surface area (Å²) in [5, 5.41) is 0. The Balaban J connectivity index is 2.55. The lowest BCUT2D eigenvalue weighted by Crippen LogP contribution is -2.26. The van der Waals surface area contributed by atoms with Gasteiger partial charge in [-0.25, -0.2) is 0 Å². The van der Waals surface area contributed by atoms with Gasteiger partial charge in [-0.05, 0) is 12.5 Å². The van der Waals surface area contributed by atoms with Gasteiger partial charge in [-0.2, -0.15) is 0 Å². The zero-order valence-electron chi connectivity index (χ0n) is 7.41. The molecule has 12 heavy (non-hydrogen) atoms. The molecule has 0 aromatic heterocycles. The molecule has 1 heterocycles. The molecule has 64 valence electrons. The van der Waals surface area contributed by atoms with E-state index >= 15 is 0 Å². The van der Waals surface area contributed by atoms with Gasteiger partial charge in [-0.15, -0.1) is 0 Å². The van der Waals surface area contributed by atoms with Gasteiger partial charge >= 0.3 is 0 Å². The topological polar surface area (TPSA) is 37.4 Å². The second-order valence-corrected chi connectivity index (χ2v) is 3.08. The predicted molar refractivity (Wildman–Crippen MR) is 48.5 cm³/mol. The highest BCUT2D eigenvalue weighted by Crippen LogP contribution is 2.16. The lowest BCUT2D eigenvalue weighted by atomic mass is 10.0. The van der Waals surface area contributed by atoms with E-state index in [1.54, 1.807) is 18.0 Å². The number of hydrogen-bond donors (Lipinski definition) is 0. The van der Waals surface area contributed by atoms with Gasteiger partial charge in [0.05, 0.1) is 6.04 Å². The van der Waals surface area contributed by atoms with Gasteiger partial charge in [-0.3, -0.25) is 4.79 Å². The first-order chi connectivity index (χ1) is 5.61. The highest BCUT2D eigenvalue weighted by Gasteiger charge is 2.24. The fourth-order valence-corrected chi connectivity index (χ4v) is 1.30. The van der Waals surface area contributed by atoms with Crippen molar-refractivity contribution in [2.24, 2.45) is 0 Å². The van der Waals surface area contributed by atoms with Crippen LogP contribution in [0.25, 0.3) is 0 Å². The zero-order chi connectivity index (χ0) is 9.14. The molecule has 1 rings (SSSR count). The molecule has 4 heteroatoms. The molecule has 0 aromatic carbocycles. The van der Waals surface area contributed by atoms with Gasteiger partial charge in [0.15, 0.2) is 7.85 Å². The second-order valence-electron chi connectivity index (χ2n) is 3.08. The van der Waals surface area contributed by atoms with Crippen molar-refractivity contribution in [1.82, 2.24) is 4.90 Å². The van der Waals surface area contributed by atoms with Crippen LogP contribution >= 0.6 is 0 Å². The maximum absolute atomic E-state index is 11.0. The molecule has 0 radical (unpaired) electrons. The lowest BCUT2D eigenvalue weighted by molar-refractivity contribution is -0.127. The average molecular weight is 165 g/mol. The molecule has 0 saturated carbocycles. The summed E-state index contributed by atoms with van der Waals surface area (Å²) in [7, 11) is 3.28. The van der Waals surface area contributed by atoms with E-state index < -0.39 is 0 Å². The molecule has 1 atom stereocenters. The predicted octanol–water partition coefficient (Wildman–Crippen LogP) is -0.677. The largest absolute Gasteiger partial charge is 0.339 e. The molecule has 3 nitrogen and oxygen atoms in total. The van der Waals surface area contributed by atoms with Gasteiger partial charge in [0.25, 0.3) is 0 Å². The van der Waals surface area contributed by atoms with Crippen LogP contribution in [0.4, 0.5) is 0 Å². The Morgan fingerprint density at radius 2 is 2.42 bits per heavy atom. The lowest BCUT2D eigenvalue weighted by Gasteiger charge is -2.15. The Labute approximate surface area is 72.8 Å². The van der Waals surface area contributed by atoms with E-state index in [1.807, 2.05) is 0 Å². The molecule has 0 bridgehead atoms. The molecule has 1 aliphatic rings. The normalized spacial score (nSPS) is 23.9. The molecular weight excluding hydrogens is 153 g/mol. The number of carbonyl (C=O) groups is 2. The standard InChI is InChI=1S/C8H12BNO2/c1-10-6(2-4-7(9)11)3-5-8(10)12/h2,4,6H,3,5,9H2,1H3/b4-2+/t6-/m0/s1. The number of likely N-dealkylation sites (tertiary alicyclic amines) is 1. The Hall–Kier alpha value is -1.06. The number of amides is 1. The van der Waals surface area contributed by atoms with Crippen molar-refractivity contribution in [3.63, 3.8) is 0 Å². The van der Waals surface area contributed by atoms with Crippen molar-refractivity contribution in [3.05, 3.63) is 12.2 Å². The van der Waals surface area contributed by atoms with Gasteiger partial charge in [0.1, 0.15) is 5.68 Å². The summed E-state index contributed by atoms with van der Waals surface area (Å²) in [5.41, 5.74) is 0.0303. The summed E-state index contributed by atoms with van der Waals surface area (Å²) in [4.78, 5) is 23.3. The molecule has 1 amide bonds. The SMILES string of the molecule is BC(=O)/C=C/[C@H]1CCC(=O)N1C. The molecule has 0 spiro atoms. The van der Waals surface area contributed by atoms with Crippen molar-refractivity contribution in [2.45, 2.75) is 18.9 Å². The highest BCUT2D eigenvalue weighted by molar-refractivity contribution is 6.60. The minimum Gasteiger partial charge on any atom is -0.339 e. The van der Waals surface area contributed by atoms with Crippen LogP contribution in [0.2, 0.25) is 0 Å². The van der Waals surface area contributed by atoms with E-state index in [0.29, 0.717) is 6.42 Å². The number of likely N-dealkylation sites (N-methyl/N-ethyl adjacent to an activating group) is 1. The van der Waals surface area contributed by atoms with E-state index in [-0.39, 0.29) is 17.6 Å². The molecule has 1 saturated heterocycles. The maximum Gasteiger partial charge on any atom is 0.222 e. The Kier molecular flexibility index (Phi) is 2.68. The van der Waals surface area contributed by atoms with Crippen LogP contribution in [-0.4, -0.2) is 37.4 Å². The highest BCUT2D eigenvalue weighted by atomic mass is 16.2. The van der Waals surface area contributed by atoms with Crippen LogP contribution in [0.15, 0.2) is 12.2 Å². The Morgan fingerprint density at radius 1 is 1.75 bits per heavy atom. The smallest absolute Gasteiger partial charge is 0.222 e. The minimum absolute atomic E-state index is 0.0303. The van der Waals surface area contributed by atoms with Crippen LogP contribution in [-0.2, 0) is 9.59 Å². The molecule has 0 aromatic rings. The fraction of sp³-hybridized carbons (Fsp3) is 0.500. The number of allylic oxidation sites excluding steroid dienone is 1. The summed E-state index contributed by atoms with van der Waals surface area (Å²) >= 11 is 0. The monoisotopic (exact) mass is 165 g/mol. The summed E-state index contributed by atoms with van der Waals surface area (Å²) in [6.45, 7) is 0. The number of rotatable bonds is 2. The third-order valence-corrected chi connectivity index (χ3v) is 2.10. The Morgan fingerprint density at radius 3 is 2.83 bits per heavy atom. The molecule has 0 N–H and O–H groups in total. The zero-order valence-corrected chi connectivity index (χ0v) is 7.41. The average Bonchev–Trinajstić information content (AvgIpc) is 2.30.